The van der Waals surface area contributed by atoms with E-state index in [1.165, 1.54) is 0 Å². The average molecular weight is 304 g/mol. The monoisotopic (exact) mass is 304 g/mol. The van der Waals surface area contributed by atoms with E-state index in [2.05, 4.69) is 4.72 Å². The molecule has 108 valence electrons. The number of nitrogens with one attached hydrogen (secondary N) is 1. The number of benzene rings is 2. The molecule has 0 amide bonds. The number of sulfonamides is 1. The Kier molecular flexibility index (Phi) is 3.96. The van der Waals surface area contributed by atoms with Gasteiger partial charge >= 0.3 is 0 Å². The van der Waals surface area contributed by atoms with Crippen molar-refractivity contribution in [3.8, 4) is 6.07 Å². The van der Waals surface area contributed by atoms with Gasteiger partial charge in [-0.3, -0.25) is 4.72 Å². The maximum atomic E-state index is 13.3. The fourth-order valence-electron chi connectivity index (χ4n) is 1.82. The smallest absolute Gasteiger partial charge is 0.261 e. The molecule has 0 atom stereocenters. The molecule has 0 saturated carbocycles. The third-order valence-corrected chi connectivity index (χ3v) is 4.58. The highest BCUT2D eigenvalue weighted by Gasteiger charge is 2.17. The van der Waals surface area contributed by atoms with Gasteiger partial charge < -0.3 is 0 Å². The third kappa shape index (κ3) is 3.03. The maximum Gasteiger partial charge on any atom is 0.261 e. The summed E-state index contributed by atoms with van der Waals surface area (Å²) in [7, 11) is -3.87. The van der Waals surface area contributed by atoms with Gasteiger partial charge in [-0.05, 0) is 49.2 Å². The molecule has 0 heterocycles. The second-order valence-electron chi connectivity index (χ2n) is 4.61. The number of anilines is 1. The molecule has 0 bridgehead atoms. The molecule has 2 aromatic rings. The Hall–Kier alpha value is -2.39. The van der Waals surface area contributed by atoms with Gasteiger partial charge in [0.2, 0.25) is 0 Å². The molecular formula is C15H13FN2O2S. The SMILES string of the molecule is Cc1cccc(NS(=O)(=O)c2ccc(F)c(C#N)c2)c1C. The second kappa shape index (κ2) is 5.54. The van der Waals surface area contributed by atoms with Gasteiger partial charge in [0.25, 0.3) is 10.0 Å². The first-order valence-corrected chi connectivity index (χ1v) is 7.62. The quantitative estimate of drug-likeness (QED) is 0.947. The van der Waals surface area contributed by atoms with E-state index in [0.29, 0.717) is 5.69 Å². The fraction of sp³-hybridized carbons (Fsp3) is 0.133. The van der Waals surface area contributed by atoms with Gasteiger partial charge in [-0.1, -0.05) is 12.1 Å². The summed E-state index contributed by atoms with van der Waals surface area (Å²) in [6.07, 6.45) is 0. The number of halogens is 1. The lowest BCUT2D eigenvalue weighted by Crippen LogP contribution is -2.14. The van der Waals surface area contributed by atoms with Crippen molar-refractivity contribution >= 4 is 15.7 Å². The van der Waals surface area contributed by atoms with Crippen LogP contribution in [0, 0.1) is 31.0 Å². The van der Waals surface area contributed by atoms with E-state index >= 15 is 0 Å². The minimum Gasteiger partial charge on any atom is -0.279 e. The average Bonchev–Trinajstić information content (AvgIpc) is 2.44. The topological polar surface area (TPSA) is 70.0 Å². The lowest BCUT2D eigenvalue weighted by molar-refractivity contribution is 0.599. The van der Waals surface area contributed by atoms with Crippen LogP contribution in [0.25, 0.3) is 0 Å². The standard InChI is InChI=1S/C15H13FN2O2S/c1-10-4-3-5-15(11(10)2)18-21(19,20)13-6-7-14(16)12(8-13)9-17/h3-8,18H,1-2H3. The summed E-state index contributed by atoms with van der Waals surface area (Å²) in [5, 5.41) is 8.77. The molecule has 21 heavy (non-hydrogen) atoms. The van der Waals surface area contributed by atoms with Gasteiger partial charge in [-0.2, -0.15) is 5.26 Å². The van der Waals surface area contributed by atoms with Crippen LogP contribution >= 0.6 is 0 Å². The van der Waals surface area contributed by atoms with E-state index in [9.17, 15) is 12.8 Å². The van der Waals surface area contributed by atoms with Crippen LogP contribution in [0.1, 0.15) is 16.7 Å². The van der Waals surface area contributed by atoms with Gasteiger partial charge in [0, 0.05) is 0 Å². The number of nitrogens with zero attached hydrogens (tertiary/aromatic N) is 1. The molecular weight excluding hydrogens is 291 g/mol. The molecule has 0 unspecified atom stereocenters. The molecule has 6 heteroatoms. The van der Waals surface area contributed by atoms with Gasteiger partial charge in [-0.25, -0.2) is 12.8 Å². The van der Waals surface area contributed by atoms with E-state index in [1.807, 2.05) is 13.0 Å². The maximum absolute atomic E-state index is 13.3. The molecule has 0 aromatic heterocycles. The van der Waals surface area contributed by atoms with Crippen LogP contribution in [0.15, 0.2) is 41.3 Å². The molecule has 2 rings (SSSR count). The largest absolute Gasteiger partial charge is 0.279 e. The highest BCUT2D eigenvalue weighted by molar-refractivity contribution is 7.92. The van der Waals surface area contributed by atoms with Gasteiger partial charge in [0.1, 0.15) is 11.9 Å². The van der Waals surface area contributed by atoms with Crippen molar-refractivity contribution in [1.29, 1.82) is 5.26 Å². The van der Waals surface area contributed by atoms with Crippen LogP contribution in [0.5, 0.6) is 0 Å². The number of hydrogen-bond acceptors (Lipinski definition) is 3. The van der Waals surface area contributed by atoms with Crippen molar-refractivity contribution in [2.75, 3.05) is 4.72 Å². The van der Waals surface area contributed by atoms with E-state index in [1.54, 1.807) is 25.1 Å². The Morgan fingerprint density at radius 3 is 2.57 bits per heavy atom. The molecule has 0 saturated heterocycles. The Balaban J connectivity index is 2.44. The highest BCUT2D eigenvalue weighted by atomic mass is 32.2. The normalized spacial score (nSPS) is 11.0. The predicted molar refractivity (Wildman–Crippen MR) is 77.8 cm³/mol. The zero-order valence-corrected chi connectivity index (χ0v) is 12.3. The fourth-order valence-corrected chi connectivity index (χ4v) is 2.97. The van der Waals surface area contributed by atoms with E-state index in [4.69, 9.17) is 5.26 Å². The predicted octanol–water partition coefficient (Wildman–Crippen LogP) is 3.12. The molecule has 0 spiro atoms. The summed E-state index contributed by atoms with van der Waals surface area (Å²) in [6.45, 7) is 3.68. The Morgan fingerprint density at radius 1 is 1.19 bits per heavy atom. The first kappa shape index (κ1) is 15.0. The zero-order valence-electron chi connectivity index (χ0n) is 11.5. The number of rotatable bonds is 3. The Labute approximate surface area is 122 Å². The summed E-state index contributed by atoms with van der Waals surface area (Å²) in [4.78, 5) is -0.152. The van der Waals surface area contributed by atoms with Crippen molar-refractivity contribution in [2.24, 2.45) is 0 Å². The van der Waals surface area contributed by atoms with Crippen LogP contribution < -0.4 is 4.72 Å². The summed E-state index contributed by atoms with van der Waals surface area (Å²) in [5.74, 6) is -0.747. The van der Waals surface area contributed by atoms with Crippen molar-refractivity contribution in [3.63, 3.8) is 0 Å². The molecule has 0 aliphatic heterocycles. The first-order valence-electron chi connectivity index (χ1n) is 6.14. The second-order valence-corrected chi connectivity index (χ2v) is 6.29. The van der Waals surface area contributed by atoms with E-state index in [-0.39, 0.29) is 10.5 Å². The highest BCUT2D eigenvalue weighted by Crippen LogP contribution is 2.23. The van der Waals surface area contributed by atoms with Gasteiger partial charge in [-0.15, -0.1) is 0 Å². The minimum absolute atomic E-state index is 0.152. The third-order valence-electron chi connectivity index (χ3n) is 3.22. The van der Waals surface area contributed by atoms with Crippen LogP contribution in [0.2, 0.25) is 0 Å². The van der Waals surface area contributed by atoms with Crippen LogP contribution in [0.4, 0.5) is 10.1 Å². The lowest BCUT2D eigenvalue weighted by Gasteiger charge is -2.12. The molecule has 2 aromatic carbocycles. The Morgan fingerprint density at radius 2 is 1.90 bits per heavy atom. The molecule has 0 aliphatic carbocycles. The number of hydrogen-bond donors (Lipinski definition) is 1. The number of aryl methyl sites for hydroxylation is 1. The molecule has 1 N–H and O–H groups in total. The van der Waals surface area contributed by atoms with Crippen molar-refractivity contribution in [1.82, 2.24) is 0 Å². The minimum atomic E-state index is -3.87. The van der Waals surface area contributed by atoms with Crippen LogP contribution in [-0.4, -0.2) is 8.42 Å². The van der Waals surface area contributed by atoms with Crippen molar-refractivity contribution < 1.29 is 12.8 Å². The summed E-state index contributed by atoms with van der Waals surface area (Å²) >= 11 is 0. The summed E-state index contributed by atoms with van der Waals surface area (Å²) < 4.78 is 40.3. The summed E-state index contributed by atoms with van der Waals surface area (Å²) in [5.41, 5.74) is 1.91. The molecule has 4 nitrogen and oxygen atoms in total. The molecule has 0 radical (unpaired) electrons. The van der Waals surface area contributed by atoms with Crippen molar-refractivity contribution in [2.45, 2.75) is 18.7 Å². The zero-order chi connectivity index (χ0) is 15.6. The van der Waals surface area contributed by atoms with E-state index < -0.39 is 15.8 Å². The van der Waals surface area contributed by atoms with E-state index in [0.717, 1.165) is 29.3 Å². The van der Waals surface area contributed by atoms with Gasteiger partial charge in [0.15, 0.2) is 0 Å². The van der Waals surface area contributed by atoms with Crippen LogP contribution in [-0.2, 0) is 10.0 Å². The number of nitriles is 1. The summed E-state index contributed by atoms with van der Waals surface area (Å²) in [6, 6.07) is 10.0. The van der Waals surface area contributed by atoms with Gasteiger partial charge in [0.05, 0.1) is 16.1 Å². The molecule has 0 aliphatic rings. The van der Waals surface area contributed by atoms with Crippen molar-refractivity contribution in [3.05, 3.63) is 58.9 Å². The lowest BCUT2D eigenvalue weighted by atomic mass is 10.1. The van der Waals surface area contributed by atoms with Crippen LogP contribution in [0.3, 0.4) is 0 Å². The molecule has 0 fully saturated rings. The first-order chi connectivity index (χ1) is 9.85. The Bertz CT molecular complexity index is 839.